The molecule has 2 aromatic heterocycles. The molecule has 0 aliphatic carbocycles. The number of aliphatic hydroxyl groups excluding tert-OH is 1. The third-order valence-corrected chi connectivity index (χ3v) is 3.56. The number of rotatable bonds is 3. The van der Waals surface area contributed by atoms with E-state index in [-0.39, 0.29) is 0 Å². The van der Waals surface area contributed by atoms with Crippen molar-refractivity contribution >= 4 is 37.7 Å². The van der Waals surface area contributed by atoms with Crippen molar-refractivity contribution in [3.05, 3.63) is 50.8 Å². The largest absolute Gasteiger partial charge is 0.386 e. The summed E-state index contributed by atoms with van der Waals surface area (Å²) in [5.41, 5.74) is 7.14. The number of nitrogens with two attached hydrogens (primary N) is 1. The van der Waals surface area contributed by atoms with Crippen LogP contribution in [-0.2, 0) is 6.42 Å². The van der Waals surface area contributed by atoms with Crippen LogP contribution in [0.1, 0.15) is 17.4 Å². The van der Waals surface area contributed by atoms with Gasteiger partial charge in [0.1, 0.15) is 11.9 Å². The van der Waals surface area contributed by atoms with E-state index in [4.69, 9.17) is 5.73 Å². The zero-order chi connectivity index (χ0) is 13.1. The van der Waals surface area contributed by atoms with Crippen molar-refractivity contribution in [2.45, 2.75) is 12.5 Å². The Morgan fingerprint density at radius 1 is 1.33 bits per heavy atom. The standard InChI is InChI=1S/C12H11Br2N3O/c13-8-5-9(14)11(17-6-8)10(18)4-7-2-1-3-16-12(7)15/h1-3,5-6,10,18H,4H2,(H2,15,16). The topological polar surface area (TPSA) is 72.0 Å². The van der Waals surface area contributed by atoms with E-state index in [1.54, 1.807) is 18.5 Å². The lowest BCUT2D eigenvalue weighted by Crippen LogP contribution is -2.07. The minimum absolute atomic E-state index is 0.382. The summed E-state index contributed by atoms with van der Waals surface area (Å²) in [6, 6.07) is 5.49. The van der Waals surface area contributed by atoms with E-state index in [9.17, 15) is 5.11 Å². The number of anilines is 1. The van der Waals surface area contributed by atoms with Gasteiger partial charge in [-0.25, -0.2) is 4.98 Å². The normalized spacial score (nSPS) is 12.4. The molecule has 1 unspecified atom stereocenters. The second-order valence-electron chi connectivity index (χ2n) is 3.79. The molecule has 18 heavy (non-hydrogen) atoms. The molecule has 0 radical (unpaired) electrons. The third-order valence-electron chi connectivity index (χ3n) is 2.49. The monoisotopic (exact) mass is 371 g/mol. The third kappa shape index (κ3) is 3.07. The van der Waals surface area contributed by atoms with Crippen LogP contribution in [0.5, 0.6) is 0 Å². The molecule has 0 aliphatic rings. The van der Waals surface area contributed by atoms with Gasteiger partial charge in [0, 0.05) is 27.8 Å². The molecular formula is C12H11Br2N3O. The molecule has 2 aromatic rings. The first kappa shape index (κ1) is 13.5. The van der Waals surface area contributed by atoms with E-state index in [2.05, 4.69) is 41.8 Å². The highest BCUT2D eigenvalue weighted by Crippen LogP contribution is 2.27. The predicted molar refractivity (Wildman–Crippen MR) is 77.0 cm³/mol. The zero-order valence-electron chi connectivity index (χ0n) is 9.35. The fraction of sp³-hybridized carbons (Fsp3) is 0.167. The summed E-state index contributed by atoms with van der Waals surface area (Å²) in [4.78, 5) is 8.19. The van der Waals surface area contributed by atoms with Crippen molar-refractivity contribution in [2.75, 3.05) is 5.73 Å². The average molecular weight is 373 g/mol. The lowest BCUT2D eigenvalue weighted by molar-refractivity contribution is 0.173. The molecule has 0 aromatic carbocycles. The van der Waals surface area contributed by atoms with Crippen molar-refractivity contribution in [1.82, 2.24) is 9.97 Å². The maximum absolute atomic E-state index is 10.2. The van der Waals surface area contributed by atoms with Gasteiger partial charge in [0.15, 0.2) is 0 Å². The molecule has 2 heterocycles. The molecule has 0 amide bonds. The van der Waals surface area contributed by atoms with E-state index in [0.29, 0.717) is 17.9 Å². The summed E-state index contributed by atoms with van der Waals surface area (Å²) in [5, 5.41) is 10.2. The van der Waals surface area contributed by atoms with E-state index in [1.807, 2.05) is 12.1 Å². The van der Waals surface area contributed by atoms with Crippen LogP contribution in [0.25, 0.3) is 0 Å². The Hall–Kier alpha value is -0.980. The van der Waals surface area contributed by atoms with Crippen molar-refractivity contribution in [2.24, 2.45) is 0 Å². The molecule has 94 valence electrons. The SMILES string of the molecule is Nc1ncccc1CC(O)c1ncc(Br)cc1Br. The number of aliphatic hydroxyl groups is 1. The molecule has 3 N–H and O–H groups in total. The summed E-state index contributed by atoms with van der Waals surface area (Å²) in [6.07, 6.45) is 2.93. The van der Waals surface area contributed by atoms with Gasteiger partial charge in [-0.2, -0.15) is 0 Å². The van der Waals surface area contributed by atoms with Crippen molar-refractivity contribution in [3.8, 4) is 0 Å². The van der Waals surface area contributed by atoms with E-state index in [1.165, 1.54) is 0 Å². The molecule has 2 rings (SSSR count). The highest BCUT2D eigenvalue weighted by Gasteiger charge is 2.15. The Morgan fingerprint density at radius 3 is 2.78 bits per heavy atom. The lowest BCUT2D eigenvalue weighted by atomic mass is 10.1. The van der Waals surface area contributed by atoms with Gasteiger partial charge in [-0.05, 0) is 49.6 Å². The molecule has 4 nitrogen and oxygen atoms in total. The van der Waals surface area contributed by atoms with Crippen LogP contribution in [0.15, 0.2) is 39.5 Å². The van der Waals surface area contributed by atoms with E-state index < -0.39 is 6.10 Å². The maximum Gasteiger partial charge on any atom is 0.126 e. The van der Waals surface area contributed by atoms with Gasteiger partial charge in [-0.15, -0.1) is 0 Å². The maximum atomic E-state index is 10.2. The molecule has 0 spiro atoms. The first-order valence-corrected chi connectivity index (χ1v) is 6.85. The fourth-order valence-corrected chi connectivity index (χ4v) is 2.85. The van der Waals surface area contributed by atoms with Crippen molar-refractivity contribution in [1.29, 1.82) is 0 Å². The second kappa shape index (κ2) is 5.77. The number of halogens is 2. The van der Waals surface area contributed by atoms with Crippen LogP contribution in [-0.4, -0.2) is 15.1 Å². The summed E-state index contributed by atoms with van der Waals surface area (Å²) in [6.45, 7) is 0. The summed E-state index contributed by atoms with van der Waals surface area (Å²) in [5.74, 6) is 0.435. The fourth-order valence-electron chi connectivity index (χ4n) is 1.60. The van der Waals surface area contributed by atoms with Gasteiger partial charge >= 0.3 is 0 Å². The molecule has 0 aliphatic heterocycles. The molecule has 0 saturated heterocycles. The number of pyridine rings is 2. The van der Waals surface area contributed by atoms with Crippen LogP contribution in [0.4, 0.5) is 5.82 Å². The number of nitrogen functional groups attached to an aromatic ring is 1. The van der Waals surface area contributed by atoms with Gasteiger partial charge in [0.25, 0.3) is 0 Å². The van der Waals surface area contributed by atoms with Gasteiger partial charge in [-0.3, -0.25) is 4.98 Å². The molecule has 6 heteroatoms. The van der Waals surface area contributed by atoms with Gasteiger partial charge in [-0.1, -0.05) is 6.07 Å². The van der Waals surface area contributed by atoms with Gasteiger partial charge in [0.05, 0.1) is 5.69 Å². The van der Waals surface area contributed by atoms with Crippen LogP contribution in [0.3, 0.4) is 0 Å². The highest BCUT2D eigenvalue weighted by molar-refractivity contribution is 9.11. The van der Waals surface area contributed by atoms with Crippen LogP contribution in [0, 0.1) is 0 Å². The van der Waals surface area contributed by atoms with Crippen LogP contribution >= 0.6 is 31.9 Å². The van der Waals surface area contributed by atoms with Crippen molar-refractivity contribution < 1.29 is 5.11 Å². The Balaban J connectivity index is 2.22. The molecule has 1 atom stereocenters. The number of hydrogen-bond acceptors (Lipinski definition) is 4. The quantitative estimate of drug-likeness (QED) is 0.868. The van der Waals surface area contributed by atoms with Crippen LogP contribution < -0.4 is 5.73 Å². The smallest absolute Gasteiger partial charge is 0.126 e. The minimum Gasteiger partial charge on any atom is -0.386 e. The highest BCUT2D eigenvalue weighted by atomic mass is 79.9. The second-order valence-corrected chi connectivity index (χ2v) is 5.56. The summed E-state index contributed by atoms with van der Waals surface area (Å²) >= 11 is 6.70. The molecule has 0 bridgehead atoms. The van der Waals surface area contributed by atoms with Crippen molar-refractivity contribution in [3.63, 3.8) is 0 Å². The van der Waals surface area contributed by atoms with Gasteiger partial charge < -0.3 is 10.8 Å². The minimum atomic E-state index is -0.723. The Morgan fingerprint density at radius 2 is 2.11 bits per heavy atom. The first-order chi connectivity index (χ1) is 8.58. The van der Waals surface area contributed by atoms with Gasteiger partial charge in [0.2, 0.25) is 0 Å². The molecular weight excluding hydrogens is 362 g/mol. The lowest BCUT2D eigenvalue weighted by Gasteiger charge is -2.13. The Labute approximate surface area is 122 Å². The number of hydrogen-bond donors (Lipinski definition) is 2. The summed E-state index contributed by atoms with van der Waals surface area (Å²) < 4.78 is 1.61. The Kier molecular flexibility index (Phi) is 4.31. The van der Waals surface area contributed by atoms with E-state index >= 15 is 0 Å². The summed E-state index contributed by atoms with van der Waals surface area (Å²) in [7, 11) is 0. The predicted octanol–water partition coefficient (Wildman–Crippen LogP) is 2.86. The molecule has 0 saturated carbocycles. The first-order valence-electron chi connectivity index (χ1n) is 5.26. The zero-order valence-corrected chi connectivity index (χ0v) is 12.5. The number of nitrogens with zero attached hydrogens (tertiary/aromatic N) is 2. The average Bonchev–Trinajstić information content (AvgIpc) is 2.32. The van der Waals surface area contributed by atoms with E-state index in [0.717, 1.165) is 14.5 Å². The molecule has 0 fully saturated rings. The van der Waals surface area contributed by atoms with Crippen LogP contribution in [0.2, 0.25) is 0 Å². The number of aromatic nitrogens is 2. The Bertz CT molecular complexity index is 563.